The second kappa shape index (κ2) is 4.79. The third-order valence-electron chi connectivity index (χ3n) is 1.05. The van der Waals surface area contributed by atoms with E-state index >= 15 is 0 Å². The zero-order valence-corrected chi connectivity index (χ0v) is 6.13. The van der Waals surface area contributed by atoms with Gasteiger partial charge in [0.15, 0.2) is 0 Å². The molecule has 10 heavy (non-hydrogen) atoms. The molecule has 56 valence electrons. The summed E-state index contributed by atoms with van der Waals surface area (Å²) in [6.07, 6.45) is 5.29. The predicted octanol–water partition coefficient (Wildman–Crippen LogP) is 1.98. The van der Waals surface area contributed by atoms with E-state index in [1.165, 1.54) is 6.08 Å². The summed E-state index contributed by atoms with van der Waals surface area (Å²) in [5.41, 5.74) is 0.147. The largest absolute Gasteiger partial charge is 0.478 e. The number of carbonyl (C=O) groups is 1. The van der Waals surface area contributed by atoms with Crippen LogP contribution in [-0.2, 0) is 4.79 Å². The SMILES string of the molecule is C=C(C=CCCC)C(=O)O. The van der Waals surface area contributed by atoms with E-state index in [1.807, 2.05) is 13.0 Å². The number of unbranched alkanes of at least 4 members (excludes halogenated alkanes) is 1. The Bertz CT molecular complexity index is 157. The summed E-state index contributed by atoms with van der Waals surface area (Å²) in [6.45, 7) is 5.38. The Morgan fingerprint density at radius 1 is 1.70 bits per heavy atom. The van der Waals surface area contributed by atoms with Crippen LogP contribution in [0.25, 0.3) is 0 Å². The van der Waals surface area contributed by atoms with Gasteiger partial charge in [-0.05, 0) is 6.42 Å². The highest BCUT2D eigenvalue weighted by Crippen LogP contribution is 1.95. The Morgan fingerprint density at radius 2 is 2.30 bits per heavy atom. The van der Waals surface area contributed by atoms with Crippen molar-refractivity contribution in [2.24, 2.45) is 0 Å². The van der Waals surface area contributed by atoms with Gasteiger partial charge in [-0.15, -0.1) is 0 Å². The number of hydrogen-bond donors (Lipinski definition) is 1. The summed E-state index contributed by atoms with van der Waals surface area (Å²) in [7, 11) is 0. The van der Waals surface area contributed by atoms with Crippen molar-refractivity contribution in [3.05, 3.63) is 24.3 Å². The summed E-state index contributed by atoms with van der Waals surface area (Å²) >= 11 is 0. The number of carboxylic acids is 1. The van der Waals surface area contributed by atoms with Crippen molar-refractivity contribution in [2.45, 2.75) is 19.8 Å². The van der Waals surface area contributed by atoms with E-state index in [4.69, 9.17) is 5.11 Å². The van der Waals surface area contributed by atoms with E-state index in [2.05, 4.69) is 6.58 Å². The maximum atomic E-state index is 10.1. The normalized spacial score (nSPS) is 10.1. The molecule has 0 aromatic rings. The Hall–Kier alpha value is -1.05. The Kier molecular flexibility index (Phi) is 4.29. The van der Waals surface area contributed by atoms with Crippen LogP contribution in [0, 0.1) is 0 Å². The van der Waals surface area contributed by atoms with E-state index in [1.54, 1.807) is 0 Å². The Morgan fingerprint density at radius 3 is 2.70 bits per heavy atom. The lowest BCUT2D eigenvalue weighted by molar-refractivity contribution is -0.132. The van der Waals surface area contributed by atoms with Crippen LogP contribution in [-0.4, -0.2) is 11.1 Å². The summed E-state index contributed by atoms with van der Waals surface area (Å²) in [6, 6.07) is 0. The average Bonchev–Trinajstić information content (AvgIpc) is 1.88. The molecule has 0 saturated heterocycles. The van der Waals surface area contributed by atoms with Crippen LogP contribution >= 0.6 is 0 Å². The second-order valence-electron chi connectivity index (χ2n) is 2.02. The van der Waals surface area contributed by atoms with Crippen molar-refractivity contribution >= 4 is 5.97 Å². The van der Waals surface area contributed by atoms with Crippen molar-refractivity contribution < 1.29 is 9.90 Å². The third kappa shape index (κ3) is 3.89. The molecule has 0 fully saturated rings. The molecular formula is C8H12O2. The standard InChI is InChI=1S/C8H12O2/c1-3-4-5-6-7(2)8(9)10/h5-6H,2-4H2,1H3,(H,9,10). The minimum Gasteiger partial charge on any atom is -0.478 e. The molecule has 0 aromatic heterocycles. The van der Waals surface area contributed by atoms with Gasteiger partial charge < -0.3 is 5.11 Å². The van der Waals surface area contributed by atoms with Crippen LogP contribution in [0.15, 0.2) is 24.3 Å². The summed E-state index contributed by atoms with van der Waals surface area (Å²) in [5, 5.41) is 8.33. The Labute approximate surface area is 60.9 Å². The van der Waals surface area contributed by atoms with E-state index < -0.39 is 5.97 Å². The fourth-order valence-electron chi connectivity index (χ4n) is 0.464. The molecule has 0 heterocycles. The van der Waals surface area contributed by atoms with Crippen LogP contribution in [0.2, 0.25) is 0 Å². The van der Waals surface area contributed by atoms with Gasteiger partial charge in [0.2, 0.25) is 0 Å². The van der Waals surface area contributed by atoms with Crippen molar-refractivity contribution in [2.75, 3.05) is 0 Å². The van der Waals surface area contributed by atoms with Crippen LogP contribution in [0.4, 0.5) is 0 Å². The second-order valence-corrected chi connectivity index (χ2v) is 2.02. The van der Waals surface area contributed by atoms with Gasteiger partial charge in [-0.3, -0.25) is 0 Å². The topological polar surface area (TPSA) is 37.3 Å². The molecule has 0 bridgehead atoms. The molecule has 0 atom stereocenters. The first kappa shape index (κ1) is 8.95. The summed E-state index contributed by atoms with van der Waals surface area (Å²) in [5.74, 6) is -0.952. The maximum Gasteiger partial charge on any atom is 0.335 e. The maximum absolute atomic E-state index is 10.1. The van der Waals surface area contributed by atoms with Crippen LogP contribution in [0.3, 0.4) is 0 Å². The molecule has 0 amide bonds. The van der Waals surface area contributed by atoms with E-state index in [0.717, 1.165) is 12.8 Å². The number of aliphatic carboxylic acids is 1. The smallest absolute Gasteiger partial charge is 0.335 e. The molecule has 0 aliphatic heterocycles. The minimum atomic E-state index is -0.952. The first-order valence-corrected chi connectivity index (χ1v) is 3.27. The number of carboxylic acid groups (broad SMARTS) is 1. The van der Waals surface area contributed by atoms with Crippen LogP contribution in [0.1, 0.15) is 19.8 Å². The zero-order chi connectivity index (χ0) is 7.98. The number of allylic oxidation sites excluding steroid dienone is 1. The lowest BCUT2D eigenvalue weighted by atomic mass is 10.2. The molecule has 0 rings (SSSR count). The molecule has 2 heteroatoms. The van der Waals surface area contributed by atoms with E-state index in [9.17, 15) is 4.79 Å². The van der Waals surface area contributed by atoms with Gasteiger partial charge in [0.1, 0.15) is 0 Å². The summed E-state index contributed by atoms with van der Waals surface area (Å²) < 4.78 is 0. The van der Waals surface area contributed by atoms with Gasteiger partial charge in [0, 0.05) is 0 Å². The fraction of sp³-hybridized carbons (Fsp3) is 0.375. The van der Waals surface area contributed by atoms with E-state index in [-0.39, 0.29) is 5.57 Å². The summed E-state index contributed by atoms with van der Waals surface area (Å²) in [4.78, 5) is 10.1. The van der Waals surface area contributed by atoms with Crippen LogP contribution < -0.4 is 0 Å². The number of hydrogen-bond acceptors (Lipinski definition) is 1. The van der Waals surface area contributed by atoms with Crippen molar-refractivity contribution in [3.63, 3.8) is 0 Å². The molecule has 0 spiro atoms. The number of rotatable bonds is 4. The minimum absolute atomic E-state index is 0.147. The van der Waals surface area contributed by atoms with Crippen molar-refractivity contribution in [3.8, 4) is 0 Å². The third-order valence-corrected chi connectivity index (χ3v) is 1.05. The highest BCUT2D eigenvalue weighted by Gasteiger charge is 1.95. The first-order valence-electron chi connectivity index (χ1n) is 3.27. The molecule has 0 radical (unpaired) electrons. The van der Waals surface area contributed by atoms with Crippen molar-refractivity contribution in [1.29, 1.82) is 0 Å². The molecule has 0 unspecified atom stereocenters. The average molecular weight is 140 g/mol. The molecule has 0 saturated carbocycles. The highest BCUT2D eigenvalue weighted by atomic mass is 16.4. The van der Waals surface area contributed by atoms with Gasteiger partial charge in [-0.25, -0.2) is 4.79 Å². The zero-order valence-electron chi connectivity index (χ0n) is 6.13. The molecule has 0 aliphatic carbocycles. The molecule has 1 N–H and O–H groups in total. The lowest BCUT2D eigenvalue weighted by Gasteiger charge is -1.88. The quantitative estimate of drug-likeness (QED) is 0.479. The van der Waals surface area contributed by atoms with Crippen molar-refractivity contribution in [1.82, 2.24) is 0 Å². The van der Waals surface area contributed by atoms with Gasteiger partial charge in [-0.2, -0.15) is 0 Å². The molecule has 2 nitrogen and oxygen atoms in total. The Balaban J connectivity index is 3.67. The first-order chi connectivity index (χ1) is 4.68. The molecule has 0 aliphatic rings. The van der Waals surface area contributed by atoms with Gasteiger partial charge in [0.25, 0.3) is 0 Å². The van der Waals surface area contributed by atoms with Crippen LogP contribution in [0.5, 0.6) is 0 Å². The van der Waals surface area contributed by atoms with Gasteiger partial charge in [-0.1, -0.05) is 32.1 Å². The molecular weight excluding hydrogens is 128 g/mol. The monoisotopic (exact) mass is 140 g/mol. The highest BCUT2D eigenvalue weighted by molar-refractivity contribution is 5.88. The fourth-order valence-corrected chi connectivity index (χ4v) is 0.464. The van der Waals surface area contributed by atoms with E-state index in [0.29, 0.717) is 0 Å². The van der Waals surface area contributed by atoms with Gasteiger partial charge in [0.05, 0.1) is 5.57 Å². The predicted molar refractivity (Wildman–Crippen MR) is 40.8 cm³/mol. The molecule has 0 aromatic carbocycles. The van der Waals surface area contributed by atoms with Gasteiger partial charge >= 0.3 is 5.97 Å². The lowest BCUT2D eigenvalue weighted by Crippen LogP contribution is -1.94.